The highest BCUT2D eigenvalue weighted by Gasteiger charge is 2.15. The molecule has 1 unspecified atom stereocenters. The van der Waals surface area contributed by atoms with Gasteiger partial charge in [-0.25, -0.2) is 0 Å². The van der Waals surface area contributed by atoms with Gasteiger partial charge in [-0.3, -0.25) is 0 Å². The molecule has 2 aromatic rings. The second-order valence-electron chi connectivity index (χ2n) is 4.87. The van der Waals surface area contributed by atoms with Crippen molar-refractivity contribution in [3.05, 3.63) is 56.7 Å². The van der Waals surface area contributed by atoms with Crippen molar-refractivity contribution in [3.8, 4) is 0 Å². The molecule has 0 fully saturated rings. The second kappa shape index (κ2) is 7.09. The smallest absolute Gasteiger partial charge is 0.0456 e. The van der Waals surface area contributed by atoms with E-state index in [2.05, 4.69) is 48.1 Å². The predicted molar refractivity (Wildman–Crippen MR) is 85.2 cm³/mol. The molecule has 0 amide bonds. The first-order valence-corrected chi connectivity index (χ1v) is 8.03. The lowest BCUT2D eigenvalue weighted by atomic mass is 9.99. The van der Waals surface area contributed by atoms with Crippen LogP contribution < -0.4 is 5.32 Å². The molecule has 0 aliphatic carbocycles. The fourth-order valence-electron chi connectivity index (χ4n) is 2.17. The highest BCUT2D eigenvalue weighted by atomic mass is 35.5. The van der Waals surface area contributed by atoms with E-state index in [4.69, 9.17) is 11.6 Å². The topological polar surface area (TPSA) is 12.0 Å². The minimum Gasteiger partial charge on any atom is -0.310 e. The van der Waals surface area contributed by atoms with Crippen LogP contribution >= 0.6 is 22.9 Å². The Morgan fingerprint density at radius 2 is 2.16 bits per heavy atom. The Morgan fingerprint density at radius 1 is 1.32 bits per heavy atom. The van der Waals surface area contributed by atoms with Crippen LogP contribution in [-0.2, 0) is 6.42 Å². The van der Waals surface area contributed by atoms with Crippen LogP contribution in [-0.4, -0.2) is 6.54 Å². The third-order valence-electron chi connectivity index (χ3n) is 3.19. The first kappa shape index (κ1) is 14.6. The van der Waals surface area contributed by atoms with Gasteiger partial charge in [-0.15, -0.1) is 0 Å². The van der Waals surface area contributed by atoms with Crippen LogP contribution in [0.2, 0.25) is 5.02 Å². The Hall–Kier alpha value is -0.830. The van der Waals surface area contributed by atoms with Crippen molar-refractivity contribution >= 4 is 22.9 Å². The Bertz CT molecular complexity index is 507. The number of nitrogens with one attached hydrogen (secondary N) is 1. The van der Waals surface area contributed by atoms with E-state index in [1.807, 2.05) is 6.07 Å². The summed E-state index contributed by atoms with van der Waals surface area (Å²) in [5.74, 6) is 0. The van der Waals surface area contributed by atoms with Crippen LogP contribution in [0.1, 0.15) is 36.1 Å². The summed E-state index contributed by atoms with van der Waals surface area (Å²) in [6.45, 7) is 5.27. The molecule has 0 spiro atoms. The maximum absolute atomic E-state index is 6.41. The minimum absolute atomic E-state index is 0.294. The molecule has 3 heteroatoms. The summed E-state index contributed by atoms with van der Waals surface area (Å²) in [6.07, 6.45) is 2.12. The lowest BCUT2D eigenvalue weighted by molar-refractivity contribution is 0.530. The van der Waals surface area contributed by atoms with Crippen LogP contribution in [0.5, 0.6) is 0 Å². The summed E-state index contributed by atoms with van der Waals surface area (Å²) >= 11 is 8.15. The van der Waals surface area contributed by atoms with E-state index in [0.717, 1.165) is 24.4 Å². The lowest BCUT2D eigenvalue weighted by Crippen LogP contribution is -2.24. The molecule has 1 heterocycles. The fraction of sp³-hybridized carbons (Fsp3) is 0.375. The summed E-state index contributed by atoms with van der Waals surface area (Å²) in [5.41, 5.74) is 3.78. The summed E-state index contributed by atoms with van der Waals surface area (Å²) in [6, 6.07) is 8.81. The second-order valence-corrected chi connectivity index (χ2v) is 6.05. The van der Waals surface area contributed by atoms with Crippen LogP contribution in [0.4, 0.5) is 0 Å². The molecule has 0 aliphatic heterocycles. The maximum atomic E-state index is 6.41. The van der Waals surface area contributed by atoms with E-state index in [-0.39, 0.29) is 0 Å². The van der Waals surface area contributed by atoms with E-state index in [9.17, 15) is 0 Å². The van der Waals surface area contributed by atoms with Crippen molar-refractivity contribution in [2.45, 2.75) is 32.7 Å². The van der Waals surface area contributed by atoms with Gasteiger partial charge < -0.3 is 5.32 Å². The number of halogens is 1. The molecular formula is C16H20ClNS. The molecule has 0 saturated heterocycles. The molecule has 1 aromatic heterocycles. The molecule has 102 valence electrons. The first-order chi connectivity index (χ1) is 9.20. The average molecular weight is 294 g/mol. The SMILES string of the molecule is CCCNC(Cc1ccsc1)c1ccc(C)cc1Cl. The Kier molecular flexibility index (Phi) is 5.44. The lowest BCUT2D eigenvalue weighted by Gasteiger charge is -2.20. The Labute approximate surface area is 124 Å². The quantitative estimate of drug-likeness (QED) is 0.791. The molecule has 0 saturated carbocycles. The van der Waals surface area contributed by atoms with Crippen molar-refractivity contribution in [1.82, 2.24) is 5.32 Å². The molecule has 0 bridgehead atoms. The number of hydrogen-bond acceptors (Lipinski definition) is 2. The van der Waals surface area contributed by atoms with Gasteiger partial charge in [-0.2, -0.15) is 11.3 Å². The van der Waals surface area contributed by atoms with Crippen molar-refractivity contribution < 1.29 is 0 Å². The first-order valence-electron chi connectivity index (χ1n) is 6.71. The maximum Gasteiger partial charge on any atom is 0.0456 e. The standard InChI is InChI=1S/C16H20ClNS/c1-3-7-18-16(10-13-6-8-19-11-13)14-5-4-12(2)9-15(14)17/h4-6,8-9,11,16,18H,3,7,10H2,1-2H3. The van der Waals surface area contributed by atoms with E-state index in [1.54, 1.807) is 11.3 Å². The largest absolute Gasteiger partial charge is 0.310 e. The van der Waals surface area contributed by atoms with E-state index >= 15 is 0 Å². The monoisotopic (exact) mass is 293 g/mol. The molecule has 1 nitrogen and oxygen atoms in total. The molecule has 1 atom stereocenters. The van der Waals surface area contributed by atoms with E-state index in [1.165, 1.54) is 16.7 Å². The molecule has 0 aliphatic rings. The highest BCUT2D eigenvalue weighted by molar-refractivity contribution is 7.07. The molecule has 0 radical (unpaired) electrons. The van der Waals surface area contributed by atoms with Gasteiger partial charge in [0.15, 0.2) is 0 Å². The van der Waals surface area contributed by atoms with Crippen molar-refractivity contribution in [2.75, 3.05) is 6.54 Å². The normalized spacial score (nSPS) is 12.6. The van der Waals surface area contributed by atoms with Crippen LogP contribution in [0, 0.1) is 6.92 Å². The van der Waals surface area contributed by atoms with Gasteiger partial charge >= 0.3 is 0 Å². The minimum atomic E-state index is 0.294. The summed E-state index contributed by atoms with van der Waals surface area (Å²) in [4.78, 5) is 0. The average Bonchev–Trinajstić information content (AvgIpc) is 2.88. The molecule has 19 heavy (non-hydrogen) atoms. The summed E-state index contributed by atoms with van der Waals surface area (Å²) < 4.78 is 0. The van der Waals surface area contributed by atoms with E-state index in [0.29, 0.717) is 6.04 Å². The van der Waals surface area contributed by atoms with Crippen LogP contribution in [0.3, 0.4) is 0 Å². The van der Waals surface area contributed by atoms with Crippen LogP contribution in [0.15, 0.2) is 35.0 Å². The Balaban J connectivity index is 2.20. The third kappa shape index (κ3) is 4.07. The van der Waals surface area contributed by atoms with Gasteiger partial charge in [0.05, 0.1) is 0 Å². The zero-order chi connectivity index (χ0) is 13.7. The Morgan fingerprint density at radius 3 is 2.79 bits per heavy atom. The van der Waals surface area contributed by atoms with Gasteiger partial charge in [0.2, 0.25) is 0 Å². The van der Waals surface area contributed by atoms with Gasteiger partial charge in [0.1, 0.15) is 0 Å². The number of rotatable bonds is 6. The number of thiophene rings is 1. The zero-order valence-electron chi connectivity index (χ0n) is 11.4. The van der Waals surface area contributed by atoms with Crippen molar-refractivity contribution in [3.63, 3.8) is 0 Å². The fourth-order valence-corrected chi connectivity index (χ4v) is 3.22. The predicted octanol–water partition coefficient (Wildman–Crippen LogP) is 4.99. The highest BCUT2D eigenvalue weighted by Crippen LogP contribution is 2.27. The van der Waals surface area contributed by atoms with Crippen molar-refractivity contribution in [2.24, 2.45) is 0 Å². The van der Waals surface area contributed by atoms with Gasteiger partial charge in [0.25, 0.3) is 0 Å². The molecular weight excluding hydrogens is 274 g/mol. The summed E-state index contributed by atoms with van der Waals surface area (Å²) in [5, 5.41) is 8.81. The molecule has 1 N–H and O–H groups in total. The van der Waals surface area contributed by atoms with Gasteiger partial charge in [-0.1, -0.05) is 30.7 Å². The van der Waals surface area contributed by atoms with Gasteiger partial charge in [0, 0.05) is 11.1 Å². The number of benzene rings is 1. The zero-order valence-corrected chi connectivity index (χ0v) is 13.0. The number of hydrogen-bond donors (Lipinski definition) is 1. The third-order valence-corrected chi connectivity index (χ3v) is 4.25. The number of aryl methyl sites for hydroxylation is 1. The van der Waals surface area contributed by atoms with E-state index < -0.39 is 0 Å². The summed E-state index contributed by atoms with van der Waals surface area (Å²) in [7, 11) is 0. The van der Waals surface area contributed by atoms with Crippen molar-refractivity contribution in [1.29, 1.82) is 0 Å². The van der Waals surface area contributed by atoms with Gasteiger partial charge in [-0.05, 0) is 65.9 Å². The molecule has 2 rings (SSSR count). The molecule has 1 aromatic carbocycles. The van der Waals surface area contributed by atoms with Crippen LogP contribution in [0.25, 0.3) is 0 Å².